The molecule has 0 radical (unpaired) electrons. The molecule has 7 nitrogen and oxygen atoms in total. The molecule has 2 aromatic carbocycles. The molecule has 2 atom stereocenters. The number of hydrogen-bond acceptors (Lipinski definition) is 5. The summed E-state index contributed by atoms with van der Waals surface area (Å²) in [6.07, 6.45) is 6.18. The maximum atomic E-state index is 13.2. The second-order valence-electron chi connectivity index (χ2n) is 7.99. The number of fused-ring (bicyclic) bond motifs is 1. The summed E-state index contributed by atoms with van der Waals surface area (Å²) in [4.78, 5) is 19.4. The second-order valence-corrected chi connectivity index (χ2v) is 7.99. The number of carbonyl (C=O) groups excluding carboxylic acids is 1. The molecule has 156 valence electrons. The van der Waals surface area contributed by atoms with Gasteiger partial charge in [-0.25, -0.2) is 4.98 Å². The summed E-state index contributed by atoms with van der Waals surface area (Å²) < 4.78 is 0. The summed E-state index contributed by atoms with van der Waals surface area (Å²) in [7, 11) is 0. The van der Waals surface area contributed by atoms with Crippen LogP contribution in [0.1, 0.15) is 35.2 Å². The molecule has 2 N–H and O–H groups in total. The Kier molecular flexibility index (Phi) is 5.08. The van der Waals surface area contributed by atoms with Crippen molar-refractivity contribution in [3.8, 4) is 5.69 Å². The van der Waals surface area contributed by atoms with E-state index in [4.69, 9.17) is 4.98 Å². The Bertz CT molecular complexity index is 1220. The first-order valence-corrected chi connectivity index (χ1v) is 10.6. The number of nitrogens with zero attached hydrogens (tertiary/aromatic N) is 4. The van der Waals surface area contributed by atoms with E-state index < -0.39 is 0 Å². The van der Waals surface area contributed by atoms with Gasteiger partial charge in [-0.2, -0.15) is 15.0 Å². The molecule has 0 unspecified atom stereocenters. The third-order valence-corrected chi connectivity index (χ3v) is 5.80. The fourth-order valence-corrected chi connectivity index (χ4v) is 4.23. The maximum absolute atomic E-state index is 13.2. The Labute approximate surface area is 180 Å². The minimum atomic E-state index is -0.110. The van der Waals surface area contributed by atoms with Gasteiger partial charge in [0.25, 0.3) is 5.91 Å². The van der Waals surface area contributed by atoms with Gasteiger partial charge in [-0.05, 0) is 56.5 Å². The first-order chi connectivity index (χ1) is 15.2. The highest BCUT2D eigenvalue weighted by Crippen LogP contribution is 2.25. The highest BCUT2D eigenvalue weighted by Gasteiger charge is 2.30. The molecule has 1 fully saturated rings. The average Bonchev–Trinajstić information content (AvgIpc) is 3.46. The molecular formula is C24H24N6O. The summed E-state index contributed by atoms with van der Waals surface area (Å²) in [5.41, 5.74) is 3.22. The summed E-state index contributed by atoms with van der Waals surface area (Å²) in [6, 6.07) is 18.0. The molecule has 1 aliphatic carbocycles. The van der Waals surface area contributed by atoms with Crippen molar-refractivity contribution >= 4 is 22.6 Å². The number of aromatic nitrogens is 4. The van der Waals surface area contributed by atoms with Gasteiger partial charge >= 0.3 is 0 Å². The number of amides is 1. The molecule has 0 saturated heterocycles. The van der Waals surface area contributed by atoms with Crippen LogP contribution in [-0.4, -0.2) is 38.0 Å². The van der Waals surface area contributed by atoms with Gasteiger partial charge in [-0.1, -0.05) is 29.8 Å². The van der Waals surface area contributed by atoms with Crippen LogP contribution in [0.15, 0.2) is 67.0 Å². The van der Waals surface area contributed by atoms with Crippen molar-refractivity contribution in [2.45, 2.75) is 38.3 Å². The first kappa shape index (κ1) is 19.2. The molecule has 1 saturated carbocycles. The van der Waals surface area contributed by atoms with Crippen molar-refractivity contribution < 1.29 is 4.79 Å². The Morgan fingerprint density at radius 3 is 2.68 bits per heavy atom. The quantitative estimate of drug-likeness (QED) is 0.520. The van der Waals surface area contributed by atoms with Crippen molar-refractivity contribution in [3.05, 3.63) is 78.1 Å². The number of rotatable bonds is 5. The molecule has 4 aromatic rings. The minimum Gasteiger partial charge on any atom is -0.365 e. The zero-order valence-electron chi connectivity index (χ0n) is 17.3. The van der Waals surface area contributed by atoms with E-state index in [2.05, 4.69) is 33.0 Å². The average molecular weight is 412 g/mol. The topological polar surface area (TPSA) is 84.7 Å². The molecule has 0 aliphatic heterocycles. The Morgan fingerprint density at radius 1 is 1.00 bits per heavy atom. The first-order valence-electron chi connectivity index (χ1n) is 10.6. The summed E-state index contributed by atoms with van der Waals surface area (Å²) >= 11 is 0. The SMILES string of the molecule is Cc1ccc(-n2nccn2)c(C(=O)N[C@@H]2CCC[C@H]2Nc2ccc3ccccc3n2)c1. The van der Waals surface area contributed by atoms with Crippen molar-refractivity contribution in [1.82, 2.24) is 25.3 Å². The zero-order valence-corrected chi connectivity index (χ0v) is 17.3. The molecule has 2 heterocycles. The molecule has 0 bridgehead atoms. The predicted octanol–water partition coefficient (Wildman–Crippen LogP) is 3.89. The van der Waals surface area contributed by atoms with E-state index in [1.54, 1.807) is 12.4 Å². The third kappa shape index (κ3) is 3.99. The second kappa shape index (κ2) is 8.18. The van der Waals surface area contributed by atoms with Crippen LogP contribution in [-0.2, 0) is 0 Å². The smallest absolute Gasteiger partial charge is 0.253 e. The molecule has 0 spiro atoms. The molecule has 1 amide bonds. The zero-order chi connectivity index (χ0) is 21.2. The lowest BCUT2D eigenvalue weighted by Crippen LogP contribution is -2.43. The van der Waals surface area contributed by atoms with Gasteiger partial charge in [0.05, 0.1) is 29.2 Å². The van der Waals surface area contributed by atoms with Crippen LogP contribution in [0, 0.1) is 6.92 Å². The lowest BCUT2D eigenvalue weighted by Gasteiger charge is -2.23. The van der Waals surface area contributed by atoms with Gasteiger partial charge in [0, 0.05) is 17.5 Å². The lowest BCUT2D eigenvalue weighted by atomic mass is 10.1. The number of hydrogen-bond donors (Lipinski definition) is 2. The van der Waals surface area contributed by atoms with Gasteiger partial charge in [-0.3, -0.25) is 4.79 Å². The van der Waals surface area contributed by atoms with Crippen molar-refractivity contribution in [2.24, 2.45) is 0 Å². The Morgan fingerprint density at radius 2 is 1.81 bits per heavy atom. The van der Waals surface area contributed by atoms with Crippen LogP contribution in [0.4, 0.5) is 5.82 Å². The molecule has 5 rings (SSSR count). The molecule has 7 heteroatoms. The van der Waals surface area contributed by atoms with Crippen LogP contribution in [0.5, 0.6) is 0 Å². The van der Waals surface area contributed by atoms with Gasteiger partial charge in [0.2, 0.25) is 0 Å². The Balaban J connectivity index is 1.35. The van der Waals surface area contributed by atoms with Gasteiger partial charge in [0.1, 0.15) is 5.82 Å². The standard InChI is InChI=1S/C24H24N6O/c1-16-9-11-22(30-25-13-14-26-30)18(15-16)24(31)29-21-8-4-7-20(21)28-23-12-10-17-5-2-3-6-19(17)27-23/h2-3,5-6,9-15,20-21H,4,7-8H2,1H3,(H,27,28)(H,29,31)/t20-,21-/m1/s1. The Hall–Kier alpha value is -3.74. The van der Waals surface area contributed by atoms with E-state index in [1.807, 2.05) is 49.4 Å². The number of nitrogens with one attached hydrogen (secondary N) is 2. The minimum absolute atomic E-state index is 0.0275. The van der Waals surface area contributed by atoms with E-state index in [1.165, 1.54) is 4.80 Å². The highest BCUT2D eigenvalue weighted by atomic mass is 16.1. The number of anilines is 1. The van der Waals surface area contributed by atoms with E-state index >= 15 is 0 Å². The maximum Gasteiger partial charge on any atom is 0.253 e. The van der Waals surface area contributed by atoms with Crippen LogP contribution in [0.25, 0.3) is 16.6 Å². The van der Waals surface area contributed by atoms with Crippen molar-refractivity contribution in [1.29, 1.82) is 0 Å². The third-order valence-electron chi connectivity index (χ3n) is 5.80. The van der Waals surface area contributed by atoms with Crippen LogP contribution < -0.4 is 10.6 Å². The molecule has 1 aliphatic rings. The summed E-state index contributed by atoms with van der Waals surface area (Å²) in [5.74, 6) is 0.725. The number of aryl methyl sites for hydroxylation is 1. The fraction of sp³-hybridized carbons (Fsp3) is 0.250. The van der Waals surface area contributed by atoms with Gasteiger partial charge < -0.3 is 10.6 Å². The van der Waals surface area contributed by atoms with Crippen LogP contribution in [0.2, 0.25) is 0 Å². The van der Waals surface area contributed by atoms with E-state index in [0.717, 1.165) is 41.5 Å². The van der Waals surface area contributed by atoms with Crippen LogP contribution >= 0.6 is 0 Å². The summed E-state index contributed by atoms with van der Waals surface area (Å²) in [6.45, 7) is 1.97. The van der Waals surface area contributed by atoms with E-state index in [0.29, 0.717) is 11.3 Å². The highest BCUT2D eigenvalue weighted by molar-refractivity contribution is 5.98. The summed E-state index contributed by atoms with van der Waals surface area (Å²) in [5, 5.41) is 16.3. The number of carbonyl (C=O) groups is 1. The van der Waals surface area contributed by atoms with Gasteiger partial charge in [0.15, 0.2) is 0 Å². The molecular weight excluding hydrogens is 388 g/mol. The van der Waals surface area contributed by atoms with Gasteiger partial charge in [-0.15, -0.1) is 0 Å². The van der Waals surface area contributed by atoms with E-state index in [9.17, 15) is 4.79 Å². The largest absolute Gasteiger partial charge is 0.365 e. The van der Waals surface area contributed by atoms with Crippen molar-refractivity contribution in [3.63, 3.8) is 0 Å². The number of benzene rings is 2. The number of para-hydroxylation sites is 1. The molecule has 31 heavy (non-hydrogen) atoms. The molecule has 2 aromatic heterocycles. The fourth-order valence-electron chi connectivity index (χ4n) is 4.23. The normalized spacial score (nSPS) is 18.2. The lowest BCUT2D eigenvalue weighted by molar-refractivity contribution is 0.0935. The monoisotopic (exact) mass is 412 g/mol. The van der Waals surface area contributed by atoms with Crippen molar-refractivity contribution in [2.75, 3.05) is 5.32 Å². The predicted molar refractivity (Wildman–Crippen MR) is 120 cm³/mol. The van der Waals surface area contributed by atoms with Crippen LogP contribution in [0.3, 0.4) is 0 Å². The van der Waals surface area contributed by atoms with E-state index in [-0.39, 0.29) is 18.0 Å². The number of pyridine rings is 1.